The summed E-state index contributed by atoms with van der Waals surface area (Å²) in [5.74, 6) is -0.749. The summed E-state index contributed by atoms with van der Waals surface area (Å²) in [6, 6.07) is 1.13. The molecule has 3 atom stereocenters. The van der Waals surface area contributed by atoms with Crippen LogP contribution in [-0.4, -0.2) is 82.5 Å². The number of nitrogens with one attached hydrogen (secondary N) is 1. The summed E-state index contributed by atoms with van der Waals surface area (Å²) in [6.07, 6.45) is 0.325. The van der Waals surface area contributed by atoms with Gasteiger partial charge in [0.05, 0.1) is 19.1 Å². The molecule has 1 aliphatic heterocycles. The molecule has 0 spiro atoms. The quantitative estimate of drug-likeness (QED) is 0.171. The van der Waals surface area contributed by atoms with Crippen LogP contribution in [0, 0.1) is 4.77 Å². The largest absolute Gasteiger partial charge is 0.455 e. The summed E-state index contributed by atoms with van der Waals surface area (Å²) >= 11 is 5.17. The average molecular weight is 529 g/mol. The van der Waals surface area contributed by atoms with E-state index in [2.05, 4.69) is 11.6 Å². The second-order valence-electron chi connectivity index (χ2n) is 7.14. The molecule has 1 saturated heterocycles. The molecule has 1 N–H and O–H groups in total. The minimum Gasteiger partial charge on any atom is -0.455 e. The number of hydrogen-bond acceptors (Lipinski definition) is 12. The van der Waals surface area contributed by atoms with Gasteiger partial charge in [-0.05, 0) is 12.2 Å². The third-order valence-corrected chi connectivity index (χ3v) is 5.71. The Kier molecular flexibility index (Phi) is 8.72. The third kappa shape index (κ3) is 7.53. The van der Waals surface area contributed by atoms with Crippen LogP contribution < -0.4 is 5.56 Å². The van der Waals surface area contributed by atoms with Gasteiger partial charge in [0, 0.05) is 19.2 Å². The molecule has 1 aliphatic rings. The van der Waals surface area contributed by atoms with Crippen molar-refractivity contribution in [1.29, 1.82) is 0 Å². The van der Waals surface area contributed by atoms with Gasteiger partial charge in [-0.2, -0.15) is 16.8 Å². The van der Waals surface area contributed by atoms with Gasteiger partial charge in [0.2, 0.25) is 0 Å². The topological polar surface area (TPSA) is 169 Å². The predicted molar refractivity (Wildman–Crippen MR) is 116 cm³/mol. The fourth-order valence-corrected chi connectivity index (χ4v) is 4.18. The van der Waals surface area contributed by atoms with Gasteiger partial charge in [0.25, 0.3) is 25.8 Å². The van der Waals surface area contributed by atoms with E-state index >= 15 is 0 Å². The molecule has 1 aromatic heterocycles. The molecule has 0 amide bonds. The summed E-state index contributed by atoms with van der Waals surface area (Å²) in [4.78, 5) is 25.9. The van der Waals surface area contributed by atoms with E-state index in [4.69, 9.17) is 34.8 Å². The van der Waals surface area contributed by atoms with Crippen molar-refractivity contribution in [1.82, 2.24) is 9.55 Å². The molecule has 13 nitrogen and oxygen atoms in total. The Morgan fingerprint density at radius 3 is 2.30 bits per heavy atom. The van der Waals surface area contributed by atoms with Crippen LogP contribution in [0.15, 0.2) is 29.7 Å². The van der Waals surface area contributed by atoms with Crippen molar-refractivity contribution in [3.05, 3.63) is 40.0 Å². The first kappa shape index (κ1) is 27.3. The Hall–Kier alpha value is -1.95. The third-order valence-electron chi connectivity index (χ3n) is 4.31. The minimum atomic E-state index is -4.03. The maximum Gasteiger partial charge on any atom is 0.303 e. The number of aromatic amines is 1. The van der Waals surface area contributed by atoms with Crippen molar-refractivity contribution in [2.75, 3.05) is 32.3 Å². The molecule has 2 heterocycles. The van der Waals surface area contributed by atoms with Crippen LogP contribution in [0.2, 0.25) is 0 Å². The number of esters is 1. The summed E-state index contributed by atoms with van der Waals surface area (Å²) in [7, 11) is -8.05. The van der Waals surface area contributed by atoms with Crippen LogP contribution in [0.1, 0.15) is 13.2 Å². The SMILES string of the molecule is C=CCO[C@H]1[C@@H](OC(C)=O)[C@H](n2ccc(=O)[nH]c2=S)OC1(COS(C)(=O)=O)COS(C)(=O)=O. The molecule has 0 bridgehead atoms. The van der Waals surface area contributed by atoms with Gasteiger partial charge in [0.1, 0.15) is 19.3 Å². The highest BCUT2D eigenvalue weighted by molar-refractivity contribution is 7.86. The molecule has 0 unspecified atom stereocenters. The Bertz CT molecular complexity index is 1170. The van der Waals surface area contributed by atoms with Crippen molar-refractivity contribution in [2.45, 2.75) is 31.0 Å². The minimum absolute atomic E-state index is 0.115. The van der Waals surface area contributed by atoms with Crippen molar-refractivity contribution >= 4 is 38.4 Å². The molecule has 0 radical (unpaired) electrons. The van der Waals surface area contributed by atoms with Gasteiger partial charge in [-0.25, -0.2) is 0 Å². The Morgan fingerprint density at radius 1 is 1.27 bits per heavy atom. The van der Waals surface area contributed by atoms with Crippen molar-refractivity contribution in [2.24, 2.45) is 0 Å². The predicted octanol–water partition coefficient (Wildman–Crippen LogP) is -0.371. The number of carbonyl (C=O) groups is 1. The van der Waals surface area contributed by atoms with Gasteiger partial charge in [-0.15, -0.1) is 6.58 Å². The first-order valence-corrected chi connectivity index (χ1v) is 13.3. The number of aromatic nitrogens is 2. The molecule has 186 valence electrons. The van der Waals surface area contributed by atoms with E-state index in [0.29, 0.717) is 0 Å². The molecule has 0 aromatic carbocycles. The molecule has 0 aliphatic carbocycles. The van der Waals surface area contributed by atoms with Crippen LogP contribution in [-0.2, 0) is 47.6 Å². The molecule has 1 aromatic rings. The van der Waals surface area contributed by atoms with E-state index in [0.717, 1.165) is 25.5 Å². The van der Waals surface area contributed by atoms with E-state index in [-0.39, 0.29) is 11.4 Å². The highest BCUT2D eigenvalue weighted by Crippen LogP contribution is 2.42. The maximum absolute atomic E-state index is 11.9. The summed E-state index contributed by atoms with van der Waals surface area (Å²) in [5.41, 5.74) is -2.42. The highest BCUT2D eigenvalue weighted by atomic mass is 32.2. The summed E-state index contributed by atoms with van der Waals surface area (Å²) in [5, 5.41) is 0. The zero-order valence-electron chi connectivity index (χ0n) is 18.0. The van der Waals surface area contributed by atoms with E-state index in [1.807, 2.05) is 0 Å². The number of rotatable bonds is 11. The molecule has 1 fully saturated rings. The van der Waals surface area contributed by atoms with Gasteiger partial charge < -0.3 is 14.2 Å². The smallest absolute Gasteiger partial charge is 0.303 e. The molecule has 2 rings (SSSR count). The highest BCUT2D eigenvalue weighted by Gasteiger charge is 2.60. The second-order valence-corrected chi connectivity index (χ2v) is 10.8. The first-order chi connectivity index (χ1) is 15.2. The fraction of sp³-hybridized carbons (Fsp3) is 0.588. The number of ether oxygens (including phenoxy) is 3. The molecule has 16 heteroatoms. The number of nitrogens with zero attached hydrogens (tertiary/aromatic N) is 1. The van der Waals surface area contributed by atoms with Crippen molar-refractivity contribution in [3.8, 4) is 0 Å². The maximum atomic E-state index is 11.9. The molecular weight excluding hydrogens is 504 g/mol. The molecule has 33 heavy (non-hydrogen) atoms. The number of carbonyl (C=O) groups excluding carboxylic acids is 1. The zero-order valence-corrected chi connectivity index (χ0v) is 20.4. The lowest BCUT2D eigenvalue weighted by atomic mass is 9.96. The molecule has 0 saturated carbocycles. The lowest BCUT2D eigenvalue weighted by Crippen LogP contribution is -2.53. The van der Waals surface area contributed by atoms with Crippen LogP contribution in [0.3, 0.4) is 0 Å². The van der Waals surface area contributed by atoms with Gasteiger partial charge in [0.15, 0.2) is 22.7 Å². The first-order valence-electron chi connectivity index (χ1n) is 9.25. The van der Waals surface area contributed by atoms with Crippen molar-refractivity contribution in [3.63, 3.8) is 0 Å². The van der Waals surface area contributed by atoms with Gasteiger partial charge >= 0.3 is 5.97 Å². The zero-order chi connectivity index (χ0) is 25.0. The average Bonchev–Trinajstić information content (AvgIpc) is 2.95. The van der Waals surface area contributed by atoms with E-state index in [9.17, 15) is 26.4 Å². The number of H-pyrrole nitrogens is 1. The monoisotopic (exact) mass is 528 g/mol. The van der Waals surface area contributed by atoms with E-state index < -0.39 is 69.0 Å². The van der Waals surface area contributed by atoms with Gasteiger partial charge in [-0.3, -0.25) is 27.5 Å². The second kappa shape index (κ2) is 10.5. The fourth-order valence-electron chi connectivity index (χ4n) is 3.08. The van der Waals surface area contributed by atoms with Crippen LogP contribution in [0.4, 0.5) is 0 Å². The van der Waals surface area contributed by atoms with Crippen LogP contribution in [0.25, 0.3) is 0 Å². The Morgan fingerprint density at radius 2 is 1.85 bits per heavy atom. The summed E-state index contributed by atoms with van der Waals surface area (Å²) < 4.78 is 75.0. The Balaban J connectivity index is 2.67. The van der Waals surface area contributed by atoms with E-state index in [1.54, 1.807) is 0 Å². The van der Waals surface area contributed by atoms with Crippen molar-refractivity contribution < 1.29 is 44.2 Å². The lowest BCUT2D eigenvalue weighted by Gasteiger charge is -2.33. The van der Waals surface area contributed by atoms with Crippen LogP contribution in [0.5, 0.6) is 0 Å². The van der Waals surface area contributed by atoms with E-state index in [1.165, 1.54) is 16.8 Å². The lowest BCUT2D eigenvalue weighted by molar-refractivity contribution is -0.157. The Labute approximate surface area is 195 Å². The van der Waals surface area contributed by atoms with Gasteiger partial charge in [-0.1, -0.05) is 6.08 Å². The molecular formula is C17H24N2O11S3. The normalized spacial score (nSPS) is 22.7. The van der Waals surface area contributed by atoms with Crippen LogP contribution >= 0.6 is 12.2 Å². The standard InChI is InChI=1S/C17H24N2O11S3/c1-5-8-26-14-13(29-11(2)20)15(19-7-6-12(21)18-16(19)31)30-17(14,9-27-32(3,22)23)10-28-33(4,24)25/h5-7,13-15H,1,8-10H2,2-4H3,(H,18,21,31)/t13-,14+,15-/m1/s1. The number of hydrogen-bond donors (Lipinski definition) is 1. The summed E-state index contributed by atoms with van der Waals surface area (Å²) in [6.45, 7) is 3.03.